The second-order valence-corrected chi connectivity index (χ2v) is 4.47. The minimum absolute atomic E-state index is 0.259. The van der Waals surface area contributed by atoms with Gasteiger partial charge in [0.2, 0.25) is 0 Å². The molecule has 1 N–H and O–H groups in total. The van der Waals surface area contributed by atoms with Gasteiger partial charge in [-0.15, -0.1) is 0 Å². The van der Waals surface area contributed by atoms with Crippen LogP contribution in [-0.2, 0) is 0 Å². The quantitative estimate of drug-likeness (QED) is 0.850. The van der Waals surface area contributed by atoms with E-state index in [9.17, 15) is 4.39 Å². The van der Waals surface area contributed by atoms with Crippen molar-refractivity contribution in [3.05, 3.63) is 23.8 Å². The zero-order valence-electron chi connectivity index (χ0n) is 10.4. The van der Waals surface area contributed by atoms with Gasteiger partial charge in [-0.1, -0.05) is 6.07 Å². The number of anilines is 1. The van der Waals surface area contributed by atoms with Crippen LogP contribution in [0.3, 0.4) is 0 Å². The highest BCUT2D eigenvalue weighted by Gasteiger charge is 2.25. The van der Waals surface area contributed by atoms with Gasteiger partial charge in [-0.3, -0.25) is 4.90 Å². The number of hydrogen-bond acceptors (Lipinski definition) is 3. The summed E-state index contributed by atoms with van der Waals surface area (Å²) in [5, 5.41) is 3.42. The average molecular weight is 238 g/mol. The van der Waals surface area contributed by atoms with Crippen molar-refractivity contribution in [3.8, 4) is 5.75 Å². The van der Waals surface area contributed by atoms with Gasteiger partial charge in [-0.2, -0.15) is 0 Å². The molecule has 0 unspecified atom stereocenters. The highest BCUT2D eigenvalue weighted by molar-refractivity contribution is 5.52. The van der Waals surface area contributed by atoms with E-state index in [1.165, 1.54) is 0 Å². The Kier molecular flexibility index (Phi) is 3.84. The maximum atomic E-state index is 12.1. The van der Waals surface area contributed by atoms with Crippen LogP contribution in [0.4, 0.5) is 10.1 Å². The van der Waals surface area contributed by atoms with Crippen molar-refractivity contribution in [1.82, 2.24) is 4.90 Å². The van der Waals surface area contributed by atoms with Gasteiger partial charge in [0, 0.05) is 31.4 Å². The van der Waals surface area contributed by atoms with E-state index in [2.05, 4.69) is 16.3 Å². The summed E-state index contributed by atoms with van der Waals surface area (Å²) in [6.45, 7) is 4.15. The molecule has 0 spiro atoms. The monoisotopic (exact) mass is 238 g/mol. The third-order valence-electron chi connectivity index (χ3n) is 3.14. The molecule has 1 aliphatic heterocycles. The Morgan fingerprint density at radius 2 is 2.24 bits per heavy atom. The molecule has 1 aromatic rings. The third kappa shape index (κ3) is 2.88. The number of alkyl halides is 1. The van der Waals surface area contributed by atoms with Crippen LogP contribution in [0, 0.1) is 6.92 Å². The van der Waals surface area contributed by atoms with Crippen molar-refractivity contribution >= 4 is 5.69 Å². The molecule has 17 heavy (non-hydrogen) atoms. The molecule has 1 saturated heterocycles. The van der Waals surface area contributed by atoms with E-state index in [4.69, 9.17) is 4.74 Å². The molecule has 1 aliphatic rings. The van der Waals surface area contributed by atoms with Gasteiger partial charge in [-0.25, -0.2) is 4.39 Å². The lowest BCUT2D eigenvalue weighted by atomic mass is 10.1. The molecule has 0 aromatic heterocycles. The van der Waals surface area contributed by atoms with E-state index >= 15 is 0 Å². The molecule has 4 heteroatoms. The van der Waals surface area contributed by atoms with Gasteiger partial charge >= 0.3 is 0 Å². The Bertz CT molecular complexity index is 378. The number of nitrogens with zero attached hydrogens (tertiary/aromatic N) is 1. The summed E-state index contributed by atoms with van der Waals surface area (Å²) in [6, 6.07) is 6.52. The Hall–Kier alpha value is -1.29. The van der Waals surface area contributed by atoms with Gasteiger partial charge < -0.3 is 10.1 Å². The van der Waals surface area contributed by atoms with E-state index in [0.29, 0.717) is 12.6 Å². The van der Waals surface area contributed by atoms with Crippen LogP contribution in [0.15, 0.2) is 18.2 Å². The fourth-order valence-electron chi connectivity index (χ4n) is 2.11. The molecule has 0 saturated carbocycles. The topological polar surface area (TPSA) is 24.5 Å². The molecule has 1 heterocycles. The molecule has 1 aromatic carbocycles. The first-order valence-electron chi connectivity index (χ1n) is 5.92. The Balaban J connectivity index is 1.88. The molecule has 3 nitrogen and oxygen atoms in total. The van der Waals surface area contributed by atoms with E-state index in [1.54, 1.807) is 7.11 Å². The van der Waals surface area contributed by atoms with E-state index in [0.717, 1.165) is 30.1 Å². The van der Waals surface area contributed by atoms with Gasteiger partial charge in [0.1, 0.15) is 12.4 Å². The van der Waals surface area contributed by atoms with Crippen LogP contribution < -0.4 is 10.1 Å². The van der Waals surface area contributed by atoms with Gasteiger partial charge in [0.05, 0.1) is 13.2 Å². The van der Waals surface area contributed by atoms with Crippen molar-refractivity contribution in [2.45, 2.75) is 13.0 Å². The molecule has 1 fully saturated rings. The van der Waals surface area contributed by atoms with Gasteiger partial charge in [-0.05, 0) is 18.6 Å². The van der Waals surface area contributed by atoms with Crippen molar-refractivity contribution in [2.24, 2.45) is 0 Å². The largest absolute Gasteiger partial charge is 0.496 e. The Morgan fingerprint density at radius 1 is 1.47 bits per heavy atom. The van der Waals surface area contributed by atoms with E-state index < -0.39 is 0 Å². The number of nitrogens with one attached hydrogen (secondary N) is 1. The zero-order chi connectivity index (χ0) is 12.3. The minimum atomic E-state index is -0.259. The minimum Gasteiger partial charge on any atom is -0.496 e. The van der Waals surface area contributed by atoms with Crippen LogP contribution in [0.25, 0.3) is 0 Å². The first-order chi connectivity index (χ1) is 8.22. The lowest BCUT2D eigenvalue weighted by Crippen LogP contribution is -2.55. The molecular formula is C13H19FN2O. The number of halogens is 1. The first-order valence-corrected chi connectivity index (χ1v) is 5.92. The Labute approximate surface area is 102 Å². The fraction of sp³-hybridized carbons (Fsp3) is 0.538. The van der Waals surface area contributed by atoms with Crippen molar-refractivity contribution in [1.29, 1.82) is 0 Å². The highest BCUT2D eigenvalue weighted by Crippen LogP contribution is 2.23. The normalized spacial score (nSPS) is 16.6. The van der Waals surface area contributed by atoms with Crippen molar-refractivity contribution in [2.75, 3.05) is 38.7 Å². The summed E-state index contributed by atoms with van der Waals surface area (Å²) in [5.41, 5.74) is 2.20. The molecule has 0 aliphatic carbocycles. The second kappa shape index (κ2) is 5.36. The van der Waals surface area contributed by atoms with Crippen LogP contribution in [0.1, 0.15) is 5.56 Å². The SMILES string of the molecule is COc1cc(NC2CN(CCF)C2)ccc1C. The fourth-order valence-corrected chi connectivity index (χ4v) is 2.11. The maximum Gasteiger partial charge on any atom is 0.123 e. The summed E-state index contributed by atoms with van der Waals surface area (Å²) >= 11 is 0. The summed E-state index contributed by atoms with van der Waals surface area (Å²) in [5.74, 6) is 0.898. The van der Waals surface area contributed by atoms with Crippen LogP contribution in [-0.4, -0.2) is 44.4 Å². The number of methoxy groups -OCH3 is 1. The standard InChI is InChI=1S/C13H19FN2O/c1-10-3-4-11(7-13(10)17-2)15-12-8-16(9-12)6-5-14/h3-4,7,12,15H,5-6,8-9H2,1-2H3. The van der Waals surface area contributed by atoms with Crippen molar-refractivity contribution in [3.63, 3.8) is 0 Å². The Morgan fingerprint density at radius 3 is 2.88 bits per heavy atom. The average Bonchev–Trinajstić information content (AvgIpc) is 2.28. The predicted octanol–water partition coefficient (Wildman–Crippen LogP) is 2.07. The number of hydrogen-bond donors (Lipinski definition) is 1. The zero-order valence-corrected chi connectivity index (χ0v) is 10.4. The molecule has 94 valence electrons. The number of benzene rings is 1. The predicted molar refractivity (Wildman–Crippen MR) is 67.6 cm³/mol. The second-order valence-electron chi connectivity index (χ2n) is 4.47. The van der Waals surface area contributed by atoms with Gasteiger partial charge in [0.15, 0.2) is 0 Å². The molecule has 2 rings (SSSR count). The summed E-state index contributed by atoms with van der Waals surface area (Å²) in [7, 11) is 1.68. The van der Waals surface area contributed by atoms with Crippen LogP contribution >= 0.6 is 0 Å². The molecule has 0 radical (unpaired) electrons. The molecule has 0 bridgehead atoms. The highest BCUT2D eigenvalue weighted by atomic mass is 19.1. The maximum absolute atomic E-state index is 12.1. The number of aryl methyl sites for hydroxylation is 1. The number of ether oxygens (including phenoxy) is 1. The number of likely N-dealkylation sites (tertiary alicyclic amines) is 1. The third-order valence-corrected chi connectivity index (χ3v) is 3.14. The smallest absolute Gasteiger partial charge is 0.123 e. The number of rotatable bonds is 5. The van der Waals surface area contributed by atoms with Crippen LogP contribution in [0.5, 0.6) is 5.75 Å². The van der Waals surface area contributed by atoms with Crippen molar-refractivity contribution < 1.29 is 9.13 Å². The molecular weight excluding hydrogens is 219 g/mol. The summed E-state index contributed by atoms with van der Waals surface area (Å²) in [4.78, 5) is 2.10. The van der Waals surface area contributed by atoms with Crippen LogP contribution in [0.2, 0.25) is 0 Å². The molecule has 0 atom stereocenters. The van der Waals surface area contributed by atoms with E-state index in [-0.39, 0.29) is 6.67 Å². The first kappa shape index (κ1) is 12.2. The van der Waals surface area contributed by atoms with E-state index in [1.807, 2.05) is 19.1 Å². The lowest BCUT2D eigenvalue weighted by Gasteiger charge is -2.39. The van der Waals surface area contributed by atoms with Gasteiger partial charge in [0.25, 0.3) is 0 Å². The summed E-state index contributed by atoms with van der Waals surface area (Å²) < 4.78 is 17.4. The molecule has 0 amide bonds. The lowest BCUT2D eigenvalue weighted by molar-refractivity contribution is 0.150. The summed E-state index contributed by atoms with van der Waals surface area (Å²) in [6.07, 6.45) is 0.